The molecule has 0 amide bonds. The third-order valence-corrected chi connectivity index (χ3v) is 5.20. The largest absolute Gasteiger partial charge is 0.330 e. The van der Waals surface area contributed by atoms with Crippen molar-refractivity contribution < 1.29 is 0 Å². The van der Waals surface area contributed by atoms with E-state index in [4.69, 9.17) is 5.73 Å². The molecule has 0 aliphatic rings. The molecule has 0 rings (SSSR count). The van der Waals surface area contributed by atoms with Gasteiger partial charge >= 0.3 is 0 Å². The van der Waals surface area contributed by atoms with Gasteiger partial charge in [0, 0.05) is 0 Å². The molecule has 0 aliphatic heterocycles. The zero-order valence-corrected chi connectivity index (χ0v) is 17.2. The van der Waals surface area contributed by atoms with Crippen molar-refractivity contribution in [2.24, 2.45) is 5.73 Å². The van der Waals surface area contributed by atoms with Crippen molar-refractivity contribution in [3.8, 4) is 0 Å². The molecule has 2 heteroatoms. The summed E-state index contributed by atoms with van der Waals surface area (Å²) < 4.78 is 0. The van der Waals surface area contributed by atoms with Crippen LogP contribution < -0.4 is 5.73 Å². The molecule has 0 aromatic heterocycles. The summed E-state index contributed by atoms with van der Waals surface area (Å²) in [5.41, 5.74) is 5.59. The van der Waals surface area contributed by atoms with Crippen molar-refractivity contribution in [1.29, 1.82) is 0 Å². The van der Waals surface area contributed by atoms with E-state index < -0.39 is 0 Å². The summed E-state index contributed by atoms with van der Waals surface area (Å²) in [6.45, 7) is 9.03. The SMILES string of the molecule is CCCCCCCCCCCCCCCCCN(CC)CCCN. The van der Waals surface area contributed by atoms with Crippen molar-refractivity contribution in [2.75, 3.05) is 26.2 Å². The zero-order chi connectivity index (χ0) is 17.7. The summed E-state index contributed by atoms with van der Waals surface area (Å²) >= 11 is 0. The topological polar surface area (TPSA) is 29.3 Å². The second-order valence-electron chi connectivity index (χ2n) is 7.53. The summed E-state index contributed by atoms with van der Waals surface area (Å²) in [7, 11) is 0. The van der Waals surface area contributed by atoms with Gasteiger partial charge in [0.25, 0.3) is 0 Å². The lowest BCUT2D eigenvalue weighted by Crippen LogP contribution is -2.27. The summed E-state index contributed by atoms with van der Waals surface area (Å²) in [6.07, 6.45) is 22.8. The maximum absolute atomic E-state index is 5.59. The van der Waals surface area contributed by atoms with Gasteiger partial charge < -0.3 is 10.6 Å². The fraction of sp³-hybridized carbons (Fsp3) is 1.00. The lowest BCUT2D eigenvalue weighted by atomic mass is 10.0. The monoisotopic (exact) mass is 340 g/mol. The van der Waals surface area contributed by atoms with Crippen molar-refractivity contribution in [2.45, 2.75) is 117 Å². The first-order valence-corrected chi connectivity index (χ1v) is 11.3. The second-order valence-corrected chi connectivity index (χ2v) is 7.53. The van der Waals surface area contributed by atoms with Crippen molar-refractivity contribution in [1.82, 2.24) is 4.90 Å². The highest BCUT2D eigenvalue weighted by atomic mass is 15.1. The Hall–Kier alpha value is -0.0800. The van der Waals surface area contributed by atoms with Crippen molar-refractivity contribution in [3.05, 3.63) is 0 Å². The molecule has 0 spiro atoms. The van der Waals surface area contributed by atoms with E-state index in [1.807, 2.05) is 0 Å². The number of nitrogens with zero attached hydrogens (tertiary/aromatic N) is 1. The van der Waals surface area contributed by atoms with Gasteiger partial charge in [-0.25, -0.2) is 0 Å². The fourth-order valence-corrected chi connectivity index (χ4v) is 3.45. The predicted octanol–water partition coefficient (Wildman–Crippen LogP) is 6.53. The van der Waals surface area contributed by atoms with Crippen LogP contribution in [0.15, 0.2) is 0 Å². The van der Waals surface area contributed by atoms with Gasteiger partial charge in [0.1, 0.15) is 0 Å². The van der Waals surface area contributed by atoms with E-state index in [1.54, 1.807) is 0 Å². The summed E-state index contributed by atoms with van der Waals surface area (Å²) in [5.74, 6) is 0. The molecule has 24 heavy (non-hydrogen) atoms. The van der Waals surface area contributed by atoms with Gasteiger partial charge in [-0.1, -0.05) is 104 Å². The summed E-state index contributed by atoms with van der Waals surface area (Å²) in [6, 6.07) is 0. The first-order valence-electron chi connectivity index (χ1n) is 11.3. The van der Waals surface area contributed by atoms with Crippen LogP contribution in [0, 0.1) is 0 Å². The van der Waals surface area contributed by atoms with Gasteiger partial charge in [0.2, 0.25) is 0 Å². The average molecular weight is 341 g/mol. The van der Waals surface area contributed by atoms with Crippen LogP contribution in [-0.2, 0) is 0 Å². The number of rotatable bonds is 20. The van der Waals surface area contributed by atoms with E-state index in [0.29, 0.717) is 0 Å². The predicted molar refractivity (Wildman–Crippen MR) is 111 cm³/mol. The Bertz CT molecular complexity index is 218. The zero-order valence-electron chi connectivity index (χ0n) is 17.2. The molecule has 0 saturated carbocycles. The number of unbranched alkanes of at least 4 members (excludes halogenated alkanes) is 14. The molecule has 146 valence electrons. The van der Waals surface area contributed by atoms with Gasteiger partial charge in [0.05, 0.1) is 0 Å². The summed E-state index contributed by atoms with van der Waals surface area (Å²) in [5, 5.41) is 0. The molecule has 0 bridgehead atoms. The van der Waals surface area contributed by atoms with Crippen LogP contribution in [0.25, 0.3) is 0 Å². The van der Waals surface area contributed by atoms with E-state index >= 15 is 0 Å². The molecule has 0 aromatic rings. The molecular weight excluding hydrogens is 292 g/mol. The van der Waals surface area contributed by atoms with Gasteiger partial charge in [-0.3, -0.25) is 0 Å². The highest BCUT2D eigenvalue weighted by molar-refractivity contribution is 4.57. The maximum Gasteiger partial charge on any atom is -0.000683 e. The molecule has 2 nitrogen and oxygen atoms in total. The Balaban J connectivity index is 3.12. The third-order valence-electron chi connectivity index (χ3n) is 5.20. The minimum Gasteiger partial charge on any atom is -0.330 e. The molecule has 0 saturated heterocycles. The van der Waals surface area contributed by atoms with Gasteiger partial charge in [-0.2, -0.15) is 0 Å². The Morgan fingerprint density at radius 2 is 0.875 bits per heavy atom. The Morgan fingerprint density at radius 1 is 0.500 bits per heavy atom. The maximum atomic E-state index is 5.59. The Kier molecular flexibility index (Phi) is 20.9. The van der Waals surface area contributed by atoms with E-state index in [0.717, 1.165) is 13.0 Å². The van der Waals surface area contributed by atoms with Crippen molar-refractivity contribution in [3.63, 3.8) is 0 Å². The minimum absolute atomic E-state index is 0.829. The van der Waals surface area contributed by atoms with E-state index in [-0.39, 0.29) is 0 Å². The third kappa shape index (κ3) is 18.3. The molecule has 2 N–H and O–H groups in total. The number of hydrogen-bond acceptors (Lipinski definition) is 2. The molecule has 0 fully saturated rings. The van der Waals surface area contributed by atoms with E-state index in [2.05, 4.69) is 18.7 Å². The quantitative estimate of drug-likeness (QED) is 0.255. The fourth-order valence-electron chi connectivity index (χ4n) is 3.45. The average Bonchev–Trinajstić information content (AvgIpc) is 2.61. The highest BCUT2D eigenvalue weighted by Crippen LogP contribution is 2.13. The Labute approximate surface area is 154 Å². The molecule has 0 heterocycles. The van der Waals surface area contributed by atoms with Crippen molar-refractivity contribution >= 4 is 0 Å². The molecule has 0 atom stereocenters. The molecule has 0 aliphatic carbocycles. The van der Waals surface area contributed by atoms with Crippen LogP contribution in [0.5, 0.6) is 0 Å². The second kappa shape index (κ2) is 21.0. The Morgan fingerprint density at radius 3 is 1.25 bits per heavy atom. The first-order chi connectivity index (χ1) is 11.8. The number of hydrogen-bond donors (Lipinski definition) is 1. The minimum atomic E-state index is 0.829. The first kappa shape index (κ1) is 23.9. The molecule has 0 unspecified atom stereocenters. The van der Waals surface area contributed by atoms with Crippen LogP contribution in [0.3, 0.4) is 0 Å². The van der Waals surface area contributed by atoms with E-state index in [9.17, 15) is 0 Å². The van der Waals surface area contributed by atoms with Crippen LogP contribution in [0.1, 0.15) is 117 Å². The van der Waals surface area contributed by atoms with E-state index in [1.165, 1.54) is 116 Å². The normalized spacial score (nSPS) is 11.5. The van der Waals surface area contributed by atoms with Crippen LogP contribution in [0.2, 0.25) is 0 Å². The summed E-state index contributed by atoms with van der Waals surface area (Å²) in [4.78, 5) is 2.55. The lowest BCUT2D eigenvalue weighted by molar-refractivity contribution is 0.278. The molecule has 0 aromatic carbocycles. The van der Waals surface area contributed by atoms with Gasteiger partial charge in [-0.05, 0) is 39.0 Å². The number of nitrogens with two attached hydrogens (primary N) is 1. The molecule has 0 radical (unpaired) electrons. The standard InChI is InChI=1S/C22H48N2/c1-3-5-6-7-8-9-10-11-12-13-14-15-16-17-18-21-24(4-2)22-19-20-23/h3-23H2,1-2H3. The smallest absolute Gasteiger partial charge is 0.000683 e. The lowest BCUT2D eigenvalue weighted by Gasteiger charge is -2.19. The molecular formula is C22H48N2. The van der Waals surface area contributed by atoms with Crippen LogP contribution in [-0.4, -0.2) is 31.1 Å². The highest BCUT2D eigenvalue weighted by Gasteiger charge is 2.01. The van der Waals surface area contributed by atoms with Gasteiger partial charge in [0.15, 0.2) is 0 Å². The van der Waals surface area contributed by atoms with Crippen LogP contribution in [0.4, 0.5) is 0 Å². The van der Waals surface area contributed by atoms with Crippen LogP contribution >= 0.6 is 0 Å². The van der Waals surface area contributed by atoms with Gasteiger partial charge in [-0.15, -0.1) is 0 Å².